The van der Waals surface area contributed by atoms with Gasteiger partial charge in [0.1, 0.15) is 0 Å². The van der Waals surface area contributed by atoms with Crippen LogP contribution in [0.1, 0.15) is 0 Å². The Morgan fingerprint density at radius 2 is 2.29 bits per heavy atom. The van der Waals surface area contributed by atoms with Crippen molar-refractivity contribution in [1.29, 1.82) is 0 Å². The predicted octanol–water partition coefficient (Wildman–Crippen LogP) is -2.23. The smallest absolute Gasteiger partial charge is 0.187 e. The zero-order valence-electron chi connectivity index (χ0n) is 3.10. The molecule has 0 unspecified atom stereocenters. The molecule has 2 N–H and O–H groups in total. The topological polar surface area (TPSA) is 52.3 Å². The zero-order chi connectivity index (χ0) is 4.99. The van der Waals surface area contributed by atoms with Crippen LogP contribution >= 0.6 is 0 Å². The van der Waals surface area contributed by atoms with E-state index in [1.54, 1.807) is 0 Å². The van der Waals surface area contributed by atoms with Crippen molar-refractivity contribution in [2.24, 2.45) is 5.73 Å². The summed E-state index contributed by atoms with van der Waals surface area (Å²) in [5.41, 5.74) is 4.82. The second-order valence-electron chi connectivity index (χ2n) is 0.678. The quantitative estimate of drug-likeness (QED) is 0.482. The second kappa shape index (κ2) is 6.85. The van der Waals surface area contributed by atoms with E-state index in [-0.39, 0.29) is 29.9 Å². The summed E-state index contributed by atoms with van der Waals surface area (Å²) >= 11 is 0.751. The minimum atomic E-state index is -0.340. The Balaban J connectivity index is 0. The van der Waals surface area contributed by atoms with E-state index in [4.69, 9.17) is 5.73 Å². The van der Waals surface area contributed by atoms with Gasteiger partial charge in [0.05, 0.1) is 0 Å². The maximum atomic E-state index is 9.86. The van der Waals surface area contributed by atoms with Gasteiger partial charge in [-0.15, -0.1) is 0 Å². The van der Waals surface area contributed by atoms with Gasteiger partial charge in [0.2, 0.25) is 0 Å². The Morgan fingerprint density at radius 1 is 1.86 bits per heavy atom. The second-order valence-corrected chi connectivity index (χ2v) is 1.18. The van der Waals surface area contributed by atoms with Crippen molar-refractivity contribution in [3.8, 4) is 0 Å². The molecule has 0 radical (unpaired) electrons. The van der Waals surface area contributed by atoms with Crippen molar-refractivity contribution in [3.63, 3.8) is 0 Å². The largest absolute Gasteiger partial charge is 0.187 e. The van der Waals surface area contributed by atoms with Gasteiger partial charge < -0.3 is 0 Å². The summed E-state index contributed by atoms with van der Waals surface area (Å²) in [5, 5.41) is 0. The number of hydrogen-bond donors (Lipinski definition) is 1. The van der Waals surface area contributed by atoms with Crippen molar-refractivity contribution in [3.05, 3.63) is 0 Å². The van der Waals surface area contributed by atoms with Crippen molar-refractivity contribution >= 4 is 23.3 Å². The molecule has 0 spiro atoms. The molecule has 0 aromatic carbocycles. The van der Waals surface area contributed by atoms with Crippen LogP contribution in [0.3, 0.4) is 0 Å². The van der Waals surface area contributed by atoms with Crippen LogP contribution in [-0.2, 0) is 32.8 Å². The van der Waals surface area contributed by atoms with Gasteiger partial charge in [-0.1, -0.05) is 0 Å². The van der Waals surface area contributed by atoms with Crippen molar-refractivity contribution in [1.82, 2.24) is 0 Å². The molecule has 0 bridgehead atoms. The van der Waals surface area contributed by atoms with Gasteiger partial charge in [0.25, 0.3) is 0 Å². The van der Waals surface area contributed by atoms with E-state index in [9.17, 15) is 4.79 Å². The number of rotatable bonds is 1. The molecule has 0 atom stereocenters. The van der Waals surface area contributed by atoms with Crippen molar-refractivity contribution in [2.75, 3.05) is 6.54 Å². The van der Waals surface area contributed by atoms with Gasteiger partial charge in [-0.3, -0.25) is 0 Å². The predicted molar refractivity (Wildman–Crippen MR) is 25.1 cm³/mol. The first-order valence-electron chi connectivity index (χ1n) is 1.37. The molecule has 0 rings (SSSR count). The average molecular weight is 195 g/mol. The molecule has 0 aliphatic carbocycles. The van der Waals surface area contributed by atoms with Crippen LogP contribution in [0.2, 0.25) is 0 Å². The monoisotopic (exact) mass is 194 g/mol. The number of hydrogen-bond acceptors (Lipinski definition) is 3. The molecular weight excluding hydrogens is 188 g/mol. The maximum absolute atomic E-state index is 9.86. The summed E-state index contributed by atoms with van der Waals surface area (Å²) in [7, 11) is 0. The molecule has 0 fully saturated rings. The first-order chi connectivity index (χ1) is 2.81. The minimum Gasteiger partial charge on any atom is 0.187 e. The third-order valence-electron chi connectivity index (χ3n) is 0.281. The van der Waals surface area contributed by atoms with Crippen LogP contribution in [0.25, 0.3) is 0 Å². The fourth-order valence-electron chi connectivity index (χ4n) is 0.0417. The van der Waals surface area contributed by atoms with Crippen molar-refractivity contribution in [2.45, 2.75) is 0 Å². The summed E-state index contributed by atoms with van der Waals surface area (Å²) in [5.74, 6) is -0.340. The molecule has 0 aromatic rings. The fraction of sp³-hybridized carbons (Fsp3) is 0.500. The first kappa shape index (κ1) is 10.8. The molecule has 0 aromatic heterocycles. The standard InChI is InChI=1S/C2H5NO2.Al.Zr.3H/c3-1-2(4)5;;;;;/h1,3H2,(H,4,5);;;;;/q;;+1;;;/p-1. The molecule has 5 heteroatoms. The SMILES string of the molecule is NCC(=O)[O][Zr].[AlH3]. The van der Waals surface area contributed by atoms with Crippen LogP contribution in [0.15, 0.2) is 0 Å². The zero-order valence-corrected chi connectivity index (χ0v) is 5.56. The Kier molecular flexibility index (Phi) is 10.5. The molecule has 0 aliphatic heterocycles. The number of carbonyl (C=O) groups is 1. The Bertz CT molecular complexity index is 53.7. The van der Waals surface area contributed by atoms with Gasteiger partial charge >= 0.3 is 51.0 Å². The van der Waals surface area contributed by atoms with E-state index in [1.165, 1.54) is 0 Å². The van der Waals surface area contributed by atoms with E-state index in [2.05, 4.69) is 2.81 Å². The molecule has 39 valence electrons. The number of nitrogens with two attached hydrogens (primary N) is 1. The molecule has 0 amide bonds. The normalized spacial score (nSPS) is 6.29. The molecule has 0 saturated carbocycles. The summed E-state index contributed by atoms with van der Waals surface area (Å²) in [6.45, 7) is -0.00875. The van der Waals surface area contributed by atoms with Crippen LogP contribution in [0, 0.1) is 0 Å². The van der Waals surface area contributed by atoms with E-state index < -0.39 is 0 Å². The average Bonchev–Trinajstić information content (AvgIpc) is 1.65. The van der Waals surface area contributed by atoms with Crippen LogP contribution in [0.5, 0.6) is 0 Å². The third-order valence-corrected chi connectivity index (χ3v) is 0.840. The number of carbonyl (C=O) groups excluding carboxylic acids is 1. The van der Waals surface area contributed by atoms with Gasteiger partial charge in [-0.25, -0.2) is 0 Å². The van der Waals surface area contributed by atoms with E-state index >= 15 is 0 Å². The Morgan fingerprint density at radius 3 is 2.29 bits per heavy atom. The summed E-state index contributed by atoms with van der Waals surface area (Å²) < 4.78 is 4.23. The Hall–Kier alpha value is 0.846. The van der Waals surface area contributed by atoms with Crippen LogP contribution in [0.4, 0.5) is 0 Å². The Labute approximate surface area is 68.2 Å². The van der Waals surface area contributed by atoms with E-state index in [0.717, 1.165) is 25.2 Å². The van der Waals surface area contributed by atoms with E-state index in [1.807, 2.05) is 0 Å². The first-order valence-corrected chi connectivity index (χ1v) is 2.38. The third kappa shape index (κ3) is 6.85. The van der Waals surface area contributed by atoms with Crippen molar-refractivity contribution < 1.29 is 32.8 Å². The van der Waals surface area contributed by atoms with Crippen LogP contribution in [-0.4, -0.2) is 29.9 Å². The maximum Gasteiger partial charge on any atom is 0.187 e. The molecular formula is C2H7AlNO2Zr. The van der Waals surface area contributed by atoms with Gasteiger partial charge in [-0.05, 0) is 0 Å². The van der Waals surface area contributed by atoms with Gasteiger partial charge in [0, 0.05) is 0 Å². The molecule has 7 heavy (non-hydrogen) atoms. The molecule has 3 nitrogen and oxygen atoms in total. The summed E-state index contributed by atoms with van der Waals surface area (Å²) in [6, 6.07) is 0. The summed E-state index contributed by atoms with van der Waals surface area (Å²) in [6.07, 6.45) is 0. The van der Waals surface area contributed by atoms with E-state index in [0.29, 0.717) is 0 Å². The van der Waals surface area contributed by atoms with Crippen LogP contribution < -0.4 is 5.73 Å². The summed E-state index contributed by atoms with van der Waals surface area (Å²) in [4.78, 5) is 9.86. The molecule has 0 aliphatic rings. The molecule has 0 heterocycles. The van der Waals surface area contributed by atoms with Gasteiger partial charge in [0.15, 0.2) is 17.4 Å². The minimum absolute atomic E-state index is 0. The van der Waals surface area contributed by atoms with Gasteiger partial charge in [-0.2, -0.15) is 0 Å². The fourth-order valence-corrected chi connectivity index (χ4v) is 0.247. The molecule has 0 saturated heterocycles.